The van der Waals surface area contributed by atoms with E-state index in [0.717, 1.165) is 27.8 Å². The molecule has 0 fully saturated rings. The summed E-state index contributed by atoms with van der Waals surface area (Å²) in [5.41, 5.74) is 8.40. The van der Waals surface area contributed by atoms with Crippen LogP contribution in [-0.2, 0) is 0 Å². The van der Waals surface area contributed by atoms with E-state index in [0.29, 0.717) is 0 Å². The van der Waals surface area contributed by atoms with Crippen molar-refractivity contribution in [2.24, 2.45) is 5.73 Å². The standard InChI is InChI=1S/C11H14BrNO/c1-3-8-10(13)9-7(12)5-4-6(2)11(9)14-8/h4-5,8,10H,3,13H2,1-2H3. The number of fused-ring (bicyclic) bond motifs is 1. The molecule has 1 aliphatic rings. The summed E-state index contributed by atoms with van der Waals surface area (Å²) >= 11 is 3.52. The van der Waals surface area contributed by atoms with Gasteiger partial charge in [-0.15, -0.1) is 0 Å². The molecule has 2 nitrogen and oxygen atoms in total. The topological polar surface area (TPSA) is 35.2 Å². The van der Waals surface area contributed by atoms with E-state index >= 15 is 0 Å². The second-order valence-electron chi connectivity index (χ2n) is 3.70. The van der Waals surface area contributed by atoms with Crippen molar-refractivity contribution in [1.29, 1.82) is 0 Å². The summed E-state index contributed by atoms with van der Waals surface area (Å²) in [4.78, 5) is 0. The zero-order chi connectivity index (χ0) is 10.3. The summed E-state index contributed by atoms with van der Waals surface area (Å²) in [5, 5.41) is 0. The average molecular weight is 256 g/mol. The van der Waals surface area contributed by atoms with Crippen LogP contribution in [0.4, 0.5) is 0 Å². The lowest BCUT2D eigenvalue weighted by molar-refractivity contribution is 0.201. The molecule has 0 aliphatic carbocycles. The lowest BCUT2D eigenvalue weighted by Gasteiger charge is -2.12. The third-order valence-corrected chi connectivity index (χ3v) is 3.44. The van der Waals surface area contributed by atoms with Gasteiger partial charge in [0.2, 0.25) is 0 Å². The lowest BCUT2D eigenvalue weighted by atomic mass is 10.0. The number of nitrogens with two attached hydrogens (primary N) is 1. The Morgan fingerprint density at radius 2 is 2.21 bits per heavy atom. The number of hydrogen-bond acceptors (Lipinski definition) is 2. The molecule has 0 saturated carbocycles. The minimum absolute atomic E-state index is 0.00396. The van der Waals surface area contributed by atoms with E-state index in [1.54, 1.807) is 0 Å². The normalized spacial score (nSPS) is 24.6. The highest BCUT2D eigenvalue weighted by molar-refractivity contribution is 9.10. The van der Waals surface area contributed by atoms with Crippen LogP contribution in [0.1, 0.15) is 30.5 Å². The molecule has 2 N–H and O–H groups in total. The van der Waals surface area contributed by atoms with E-state index in [4.69, 9.17) is 10.5 Å². The maximum absolute atomic E-state index is 6.12. The van der Waals surface area contributed by atoms with Crippen LogP contribution in [0.5, 0.6) is 5.75 Å². The Morgan fingerprint density at radius 3 is 2.79 bits per heavy atom. The van der Waals surface area contributed by atoms with Gasteiger partial charge in [-0.25, -0.2) is 0 Å². The van der Waals surface area contributed by atoms with Crippen molar-refractivity contribution >= 4 is 15.9 Å². The third kappa shape index (κ3) is 1.35. The quantitative estimate of drug-likeness (QED) is 0.838. The van der Waals surface area contributed by atoms with E-state index in [-0.39, 0.29) is 12.1 Å². The maximum atomic E-state index is 6.12. The molecule has 14 heavy (non-hydrogen) atoms. The molecule has 0 bridgehead atoms. The van der Waals surface area contributed by atoms with Crippen molar-refractivity contribution in [3.8, 4) is 5.75 Å². The number of benzene rings is 1. The molecule has 2 rings (SSSR count). The number of aryl methyl sites for hydroxylation is 1. The molecule has 1 aliphatic heterocycles. The van der Waals surface area contributed by atoms with Crippen LogP contribution in [0.25, 0.3) is 0 Å². The number of halogens is 1. The van der Waals surface area contributed by atoms with Crippen LogP contribution in [0, 0.1) is 6.92 Å². The highest BCUT2D eigenvalue weighted by atomic mass is 79.9. The summed E-state index contributed by atoms with van der Waals surface area (Å²) in [6, 6.07) is 4.09. The van der Waals surface area contributed by atoms with Gasteiger partial charge in [0.15, 0.2) is 0 Å². The van der Waals surface area contributed by atoms with Gasteiger partial charge in [-0.2, -0.15) is 0 Å². The monoisotopic (exact) mass is 255 g/mol. The van der Waals surface area contributed by atoms with Gasteiger partial charge in [-0.3, -0.25) is 0 Å². The minimum atomic E-state index is 0.00396. The molecule has 3 heteroatoms. The second kappa shape index (κ2) is 3.55. The molecule has 1 aromatic rings. The van der Waals surface area contributed by atoms with Crippen LogP contribution in [0.2, 0.25) is 0 Å². The molecular formula is C11H14BrNO. The molecule has 0 aromatic heterocycles. The first-order valence-electron chi connectivity index (χ1n) is 4.86. The summed E-state index contributed by atoms with van der Waals surface area (Å²) < 4.78 is 6.88. The van der Waals surface area contributed by atoms with Crippen molar-refractivity contribution in [2.75, 3.05) is 0 Å². The molecule has 1 heterocycles. The fourth-order valence-corrected chi connectivity index (χ4v) is 2.48. The van der Waals surface area contributed by atoms with E-state index in [9.17, 15) is 0 Å². The van der Waals surface area contributed by atoms with Crippen molar-refractivity contribution < 1.29 is 4.74 Å². The highest BCUT2D eigenvalue weighted by Crippen LogP contribution is 2.42. The van der Waals surface area contributed by atoms with E-state index in [2.05, 4.69) is 29.8 Å². The number of hydrogen-bond donors (Lipinski definition) is 1. The number of ether oxygens (including phenoxy) is 1. The Bertz CT molecular complexity index is 365. The zero-order valence-electron chi connectivity index (χ0n) is 8.38. The van der Waals surface area contributed by atoms with Gasteiger partial charge in [0, 0.05) is 10.0 Å². The third-order valence-electron chi connectivity index (χ3n) is 2.75. The highest BCUT2D eigenvalue weighted by Gasteiger charge is 2.32. The van der Waals surface area contributed by atoms with Crippen molar-refractivity contribution in [2.45, 2.75) is 32.4 Å². The first kappa shape index (κ1) is 9.99. The fraction of sp³-hybridized carbons (Fsp3) is 0.455. The van der Waals surface area contributed by atoms with Gasteiger partial charge >= 0.3 is 0 Å². The van der Waals surface area contributed by atoms with Crippen LogP contribution < -0.4 is 10.5 Å². The molecule has 76 valence electrons. The van der Waals surface area contributed by atoms with Crippen LogP contribution in [0.3, 0.4) is 0 Å². The first-order valence-corrected chi connectivity index (χ1v) is 5.65. The molecule has 2 unspecified atom stereocenters. The molecule has 2 atom stereocenters. The van der Waals surface area contributed by atoms with Crippen LogP contribution in [0.15, 0.2) is 16.6 Å². The van der Waals surface area contributed by atoms with E-state index < -0.39 is 0 Å². The van der Waals surface area contributed by atoms with E-state index in [1.807, 2.05) is 12.1 Å². The Hall–Kier alpha value is -0.540. The van der Waals surface area contributed by atoms with Crippen LogP contribution in [-0.4, -0.2) is 6.10 Å². The summed E-state index contributed by atoms with van der Waals surface area (Å²) in [6.07, 6.45) is 1.07. The molecule has 0 radical (unpaired) electrons. The van der Waals surface area contributed by atoms with Gasteiger partial charge in [0.1, 0.15) is 11.9 Å². The average Bonchev–Trinajstić information content (AvgIpc) is 2.51. The Kier molecular flexibility index (Phi) is 2.54. The molecule has 0 spiro atoms. The summed E-state index contributed by atoms with van der Waals surface area (Å²) in [6.45, 7) is 4.15. The largest absolute Gasteiger partial charge is 0.488 e. The van der Waals surface area contributed by atoms with Gasteiger partial charge in [-0.05, 0) is 25.0 Å². The SMILES string of the molecule is CCC1Oc2c(C)ccc(Br)c2C1N. The second-order valence-corrected chi connectivity index (χ2v) is 4.55. The predicted octanol–water partition coefficient (Wildman–Crippen LogP) is 2.93. The van der Waals surface area contributed by atoms with Crippen molar-refractivity contribution in [3.63, 3.8) is 0 Å². The van der Waals surface area contributed by atoms with Crippen molar-refractivity contribution in [3.05, 3.63) is 27.7 Å². The summed E-state index contributed by atoms with van der Waals surface area (Å²) in [5.74, 6) is 0.971. The summed E-state index contributed by atoms with van der Waals surface area (Å²) in [7, 11) is 0. The van der Waals surface area contributed by atoms with Crippen molar-refractivity contribution in [1.82, 2.24) is 0 Å². The zero-order valence-corrected chi connectivity index (χ0v) is 9.97. The lowest BCUT2D eigenvalue weighted by Crippen LogP contribution is -2.24. The van der Waals surface area contributed by atoms with Gasteiger partial charge in [-0.1, -0.05) is 28.9 Å². The first-order chi connectivity index (χ1) is 6.65. The molecule has 1 aromatic carbocycles. The van der Waals surface area contributed by atoms with Gasteiger partial charge < -0.3 is 10.5 Å². The van der Waals surface area contributed by atoms with Gasteiger partial charge in [0.05, 0.1) is 6.04 Å². The minimum Gasteiger partial charge on any atom is -0.488 e. The Labute approximate surface area is 92.6 Å². The van der Waals surface area contributed by atoms with Crippen LogP contribution >= 0.6 is 15.9 Å². The maximum Gasteiger partial charge on any atom is 0.128 e. The van der Waals surface area contributed by atoms with E-state index in [1.165, 1.54) is 0 Å². The molecule has 0 saturated heterocycles. The predicted molar refractivity (Wildman–Crippen MR) is 60.5 cm³/mol. The van der Waals surface area contributed by atoms with Gasteiger partial charge in [0.25, 0.3) is 0 Å². The number of rotatable bonds is 1. The molecule has 0 amide bonds. The Morgan fingerprint density at radius 1 is 1.50 bits per heavy atom. The Balaban J connectivity index is 2.52. The smallest absolute Gasteiger partial charge is 0.128 e. The molecular weight excluding hydrogens is 242 g/mol. The fourth-order valence-electron chi connectivity index (χ4n) is 1.90.